The molecule has 0 aromatic carbocycles. The maximum Gasteiger partial charge on any atom is 0.129 e. The molecule has 0 radical (unpaired) electrons. The molecule has 2 atom stereocenters. The number of hydrogen-bond donors (Lipinski definition) is 2. The van der Waals surface area contributed by atoms with Crippen molar-refractivity contribution in [2.45, 2.75) is 19.1 Å². The van der Waals surface area contributed by atoms with E-state index < -0.39 is 12.1 Å². The standard InChI is InChI=1S/C8H11ClN2O/c1-5(12)8(10)6-3-2-4-7(9)11-6/h2-5,8,12H,10H2,1H3/t5-,8-/m0/s1. The van der Waals surface area contributed by atoms with Crippen LogP contribution >= 0.6 is 11.6 Å². The summed E-state index contributed by atoms with van der Waals surface area (Å²) in [6, 6.07) is 4.69. The van der Waals surface area contributed by atoms with Gasteiger partial charge in [-0.05, 0) is 19.1 Å². The molecule has 3 N–H and O–H groups in total. The molecule has 0 fully saturated rings. The summed E-state index contributed by atoms with van der Waals surface area (Å²) in [5, 5.41) is 9.55. The number of nitrogens with zero attached hydrogens (tertiary/aromatic N) is 1. The highest BCUT2D eigenvalue weighted by molar-refractivity contribution is 6.29. The third kappa shape index (κ3) is 2.17. The second-order valence-corrected chi connectivity index (χ2v) is 3.04. The number of pyridine rings is 1. The largest absolute Gasteiger partial charge is 0.391 e. The van der Waals surface area contributed by atoms with Crippen LogP contribution in [0.15, 0.2) is 18.2 Å². The van der Waals surface area contributed by atoms with E-state index in [1.807, 2.05) is 0 Å². The fourth-order valence-corrected chi connectivity index (χ4v) is 1.03. The molecule has 0 aliphatic rings. The molecule has 0 bridgehead atoms. The van der Waals surface area contributed by atoms with E-state index in [9.17, 15) is 0 Å². The first kappa shape index (κ1) is 9.45. The van der Waals surface area contributed by atoms with Crippen LogP contribution in [0.1, 0.15) is 18.7 Å². The second kappa shape index (κ2) is 3.85. The number of halogens is 1. The molecule has 0 aliphatic heterocycles. The first-order valence-electron chi connectivity index (χ1n) is 3.67. The van der Waals surface area contributed by atoms with Gasteiger partial charge in [-0.3, -0.25) is 0 Å². The Bertz CT molecular complexity index is 265. The van der Waals surface area contributed by atoms with Crippen molar-refractivity contribution in [1.82, 2.24) is 4.98 Å². The van der Waals surface area contributed by atoms with Gasteiger partial charge in [0, 0.05) is 0 Å². The van der Waals surface area contributed by atoms with Crippen LogP contribution < -0.4 is 5.73 Å². The molecule has 0 saturated heterocycles. The van der Waals surface area contributed by atoms with Gasteiger partial charge in [0.15, 0.2) is 0 Å². The Labute approximate surface area is 76.2 Å². The predicted octanol–water partition coefficient (Wildman–Crippen LogP) is 1.12. The maximum atomic E-state index is 9.16. The van der Waals surface area contributed by atoms with Gasteiger partial charge >= 0.3 is 0 Å². The lowest BCUT2D eigenvalue weighted by Gasteiger charge is -2.13. The number of aliphatic hydroxyl groups is 1. The molecule has 66 valence electrons. The maximum absolute atomic E-state index is 9.16. The summed E-state index contributed by atoms with van der Waals surface area (Å²) in [4.78, 5) is 3.97. The van der Waals surface area contributed by atoms with Gasteiger partial charge in [-0.15, -0.1) is 0 Å². The smallest absolute Gasteiger partial charge is 0.129 e. The van der Waals surface area contributed by atoms with E-state index in [4.69, 9.17) is 22.4 Å². The average Bonchev–Trinajstić information content (AvgIpc) is 2.03. The van der Waals surface area contributed by atoms with Crippen LogP contribution in [0.2, 0.25) is 5.15 Å². The molecule has 0 spiro atoms. The highest BCUT2D eigenvalue weighted by Crippen LogP contribution is 2.13. The Morgan fingerprint density at radius 3 is 2.75 bits per heavy atom. The van der Waals surface area contributed by atoms with Crippen LogP contribution in [-0.4, -0.2) is 16.2 Å². The summed E-state index contributed by atoms with van der Waals surface area (Å²) in [7, 11) is 0. The summed E-state index contributed by atoms with van der Waals surface area (Å²) < 4.78 is 0. The van der Waals surface area contributed by atoms with Crippen LogP contribution in [-0.2, 0) is 0 Å². The Morgan fingerprint density at radius 2 is 2.25 bits per heavy atom. The summed E-state index contributed by atoms with van der Waals surface area (Å²) in [5.74, 6) is 0. The Morgan fingerprint density at radius 1 is 1.58 bits per heavy atom. The van der Waals surface area contributed by atoms with Crippen molar-refractivity contribution in [2.75, 3.05) is 0 Å². The van der Waals surface area contributed by atoms with Gasteiger partial charge in [0.1, 0.15) is 5.15 Å². The third-order valence-corrected chi connectivity index (χ3v) is 1.81. The fourth-order valence-electron chi connectivity index (χ4n) is 0.857. The average molecular weight is 187 g/mol. The molecule has 1 aromatic rings. The second-order valence-electron chi connectivity index (χ2n) is 2.65. The Hall–Kier alpha value is -0.640. The van der Waals surface area contributed by atoms with Crippen LogP contribution in [0.25, 0.3) is 0 Å². The number of aromatic nitrogens is 1. The molecular formula is C8H11ClN2O. The third-order valence-electron chi connectivity index (χ3n) is 1.60. The van der Waals surface area contributed by atoms with Gasteiger partial charge in [-0.25, -0.2) is 4.98 Å². The summed E-state index contributed by atoms with van der Waals surface area (Å²) in [5.41, 5.74) is 6.24. The van der Waals surface area contributed by atoms with E-state index in [-0.39, 0.29) is 0 Å². The van der Waals surface area contributed by atoms with E-state index in [2.05, 4.69) is 4.98 Å². The quantitative estimate of drug-likeness (QED) is 0.681. The zero-order chi connectivity index (χ0) is 9.14. The lowest BCUT2D eigenvalue weighted by atomic mass is 10.1. The van der Waals surface area contributed by atoms with E-state index in [1.165, 1.54) is 0 Å². The predicted molar refractivity (Wildman–Crippen MR) is 47.9 cm³/mol. The van der Waals surface area contributed by atoms with Crippen molar-refractivity contribution in [3.63, 3.8) is 0 Å². The zero-order valence-corrected chi connectivity index (χ0v) is 7.49. The number of aliphatic hydroxyl groups excluding tert-OH is 1. The normalized spacial score (nSPS) is 15.7. The molecule has 0 unspecified atom stereocenters. The molecule has 4 heteroatoms. The van der Waals surface area contributed by atoms with E-state index in [0.29, 0.717) is 10.8 Å². The van der Waals surface area contributed by atoms with Crippen molar-refractivity contribution < 1.29 is 5.11 Å². The molecule has 0 aliphatic carbocycles. The van der Waals surface area contributed by atoms with Crippen molar-refractivity contribution in [1.29, 1.82) is 0 Å². The molecule has 1 heterocycles. The van der Waals surface area contributed by atoms with Gasteiger partial charge in [-0.1, -0.05) is 17.7 Å². The molecule has 0 saturated carbocycles. The number of hydrogen-bond acceptors (Lipinski definition) is 3. The lowest BCUT2D eigenvalue weighted by molar-refractivity contribution is 0.162. The fraction of sp³-hybridized carbons (Fsp3) is 0.375. The highest BCUT2D eigenvalue weighted by Gasteiger charge is 2.12. The first-order valence-corrected chi connectivity index (χ1v) is 4.05. The van der Waals surface area contributed by atoms with Crippen LogP contribution in [0.3, 0.4) is 0 Å². The van der Waals surface area contributed by atoms with Gasteiger partial charge in [-0.2, -0.15) is 0 Å². The molecular weight excluding hydrogens is 176 g/mol. The van der Waals surface area contributed by atoms with Gasteiger partial charge in [0.05, 0.1) is 17.8 Å². The molecule has 0 amide bonds. The minimum absolute atomic E-state index is 0.392. The summed E-state index contributed by atoms with van der Waals surface area (Å²) >= 11 is 5.65. The minimum Gasteiger partial charge on any atom is -0.391 e. The zero-order valence-electron chi connectivity index (χ0n) is 6.74. The van der Waals surface area contributed by atoms with Crippen molar-refractivity contribution in [2.24, 2.45) is 5.73 Å². The van der Waals surface area contributed by atoms with Crippen LogP contribution in [0, 0.1) is 0 Å². The summed E-state index contributed by atoms with van der Waals surface area (Å²) in [6.07, 6.45) is -0.615. The van der Waals surface area contributed by atoms with Crippen LogP contribution in [0.4, 0.5) is 0 Å². The molecule has 12 heavy (non-hydrogen) atoms. The number of nitrogens with two attached hydrogens (primary N) is 1. The topological polar surface area (TPSA) is 59.1 Å². The molecule has 1 aromatic heterocycles. The highest BCUT2D eigenvalue weighted by atomic mass is 35.5. The Kier molecular flexibility index (Phi) is 3.03. The lowest BCUT2D eigenvalue weighted by Crippen LogP contribution is -2.24. The molecule has 1 rings (SSSR count). The van der Waals surface area contributed by atoms with E-state index in [0.717, 1.165) is 0 Å². The molecule has 3 nitrogen and oxygen atoms in total. The SMILES string of the molecule is C[C@H](O)[C@H](N)c1cccc(Cl)n1. The van der Waals surface area contributed by atoms with E-state index >= 15 is 0 Å². The van der Waals surface area contributed by atoms with Crippen molar-refractivity contribution in [3.8, 4) is 0 Å². The number of rotatable bonds is 2. The van der Waals surface area contributed by atoms with Gasteiger partial charge in [0.2, 0.25) is 0 Å². The summed E-state index contributed by atoms with van der Waals surface area (Å²) in [6.45, 7) is 1.62. The van der Waals surface area contributed by atoms with Crippen molar-refractivity contribution in [3.05, 3.63) is 29.0 Å². The van der Waals surface area contributed by atoms with E-state index in [1.54, 1.807) is 25.1 Å². The van der Waals surface area contributed by atoms with Crippen LogP contribution in [0.5, 0.6) is 0 Å². The first-order chi connectivity index (χ1) is 5.61. The van der Waals surface area contributed by atoms with Crippen molar-refractivity contribution >= 4 is 11.6 Å². The minimum atomic E-state index is -0.615. The van der Waals surface area contributed by atoms with Gasteiger partial charge in [0.25, 0.3) is 0 Å². The van der Waals surface area contributed by atoms with Gasteiger partial charge < -0.3 is 10.8 Å². The monoisotopic (exact) mass is 186 g/mol. The Balaban J connectivity index is 2.88.